The van der Waals surface area contributed by atoms with Gasteiger partial charge in [0.25, 0.3) is 0 Å². The van der Waals surface area contributed by atoms with Gasteiger partial charge in [0.15, 0.2) is 0 Å². The Kier molecular flexibility index (Phi) is 3.09. The predicted molar refractivity (Wildman–Crippen MR) is 72.3 cm³/mol. The van der Waals surface area contributed by atoms with Crippen molar-refractivity contribution in [2.45, 2.75) is 26.8 Å². The number of hydrogen-bond acceptors (Lipinski definition) is 2. The Morgan fingerprint density at radius 2 is 2.00 bits per heavy atom. The summed E-state index contributed by atoms with van der Waals surface area (Å²) in [6, 6.07) is 10.2. The van der Waals surface area contributed by atoms with Crippen molar-refractivity contribution in [3.63, 3.8) is 0 Å². The highest BCUT2D eigenvalue weighted by molar-refractivity contribution is 5.98. The van der Waals surface area contributed by atoms with Crippen LogP contribution in [-0.2, 0) is 0 Å². The molecule has 0 spiro atoms. The average Bonchev–Trinajstić information content (AvgIpc) is 2.28. The molecule has 2 N–H and O–H groups in total. The molecule has 1 aromatic heterocycles. The van der Waals surface area contributed by atoms with Gasteiger partial charge < -0.3 is 5.73 Å². The Bertz CT molecular complexity index is 571. The van der Waals surface area contributed by atoms with Gasteiger partial charge in [-0.05, 0) is 38.5 Å². The molecule has 0 unspecified atom stereocenters. The molecule has 2 rings (SSSR count). The first-order chi connectivity index (χ1) is 8.08. The second-order valence-electron chi connectivity index (χ2n) is 4.45. The number of amidine groups is 1. The Balaban J connectivity index is 2.57. The summed E-state index contributed by atoms with van der Waals surface area (Å²) < 4.78 is 0. The molecular formula is C14H17N3. The van der Waals surface area contributed by atoms with Gasteiger partial charge in [0.1, 0.15) is 11.5 Å². The van der Waals surface area contributed by atoms with Gasteiger partial charge in [-0.1, -0.05) is 18.2 Å². The first-order valence-electron chi connectivity index (χ1n) is 5.78. The lowest BCUT2D eigenvalue weighted by Gasteiger charge is -2.07. The van der Waals surface area contributed by atoms with Gasteiger partial charge in [-0.3, -0.25) is 4.99 Å². The summed E-state index contributed by atoms with van der Waals surface area (Å²) in [4.78, 5) is 8.86. The number of nitrogens with two attached hydrogens (primary N) is 1. The minimum atomic E-state index is 0.184. The normalized spacial score (nSPS) is 12.4. The maximum atomic E-state index is 5.94. The summed E-state index contributed by atoms with van der Waals surface area (Å²) in [5.74, 6) is 0.508. The van der Waals surface area contributed by atoms with Crippen LogP contribution in [0.4, 0.5) is 0 Å². The number of benzene rings is 1. The quantitative estimate of drug-likeness (QED) is 0.633. The molecule has 0 aliphatic carbocycles. The van der Waals surface area contributed by atoms with Crippen LogP contribution < -0.4 is 5.73 Å². The molecule has 17 heavy (non-hydrogen) atoms. The zero-order chi connectivity index (χ0) is 12.4. The van der Waals surface area contributed by atoms with Crippen molar-refractivity contribution in [2.24, 2.45) is 10.7 Å². The highest BCUT2D eigenvalue weighted by Gasteiger charge is 2.05. The number of aryl methyl sites for hydroxylation is 1. The second-order valence-corrected chi connectivity index (χ2v) is 4.45. The molecule has 0 bridgehead atoms. The van der Waals surface area contributed by atoms with Gasteiger partial charge in [0, 0.05) is 11.4 Å². The fourth-order valence-electron chi connectivity index (χ4n) is 1.82. The van der Waals surface area contributed by atoms with E-state index in [9.17, 15) is 0 Å². The molecule has 3 nitrogen and oxygen atoms in total. The molecule has 1 heterocycles. The lowest BCUT2D eigenvalue weighted by atomic mass is 10.1. The van der Waals surface area contributed by atoms with E-state index in [0.29, 0.717) is 5.84 Å². The van der Waals surface area contributed by atoms with Crippen LogP contribution in [0.5, 0.6) is 0 Å². The Labute approximate surface area is 101 Å². The highest BCUT2D eigenvalue weighted by atomic mass is 14.9. The van der Waals surface area contributed by atoms with Crippen LogP contribution in [0.25, 0.3) is 10.9 Å². The van der Waals surface area contributed by atoms with E-state index in [2.05, 4.69) is 23.0 Å². The van der Waals surface area contributed by atoms with Crippen LogP contribution in [0.3, 0.4) is 0 Å². The van der Waals surface area contributed by atoms with Gasteiger partial charge in [0.05, 0.1) is 5.52 Å². The van der Waals surface area contributed by atoms with Crippen LogP contribution in [0.1, 0.15) is 25.1 Å². The molecule has 0 aliphatic rings. The number of pyridine rings is 1. The van der Waals surface area contributed by atoms with E-state index in [4.69, 9.17) is 5.73 Å². The molecule has 1 aromatic carbocycles. The van der Waals surface area contributed by atoms with Crippen LogP contribution in [0, 0.1) is 6.92 Å². The molecule has 0 saturated carbocycles. The fourth-order valence-corrected chi connectivity index (χ4v) is 1.82. The first kappa shape index (κ1) is 11.6. The van der Waals surface area contributed by atoms with Crippen molar-refractivity contribution in [1.82, 2.24) is 4.98 Å². The van der Waals surface area contributed by atoms with Crippen molar-refractivity contribution in [3.05, 3.63) is 41.6 Å². The van der Waals surface area contributed by atoms with Crippen LogP contribution in [-0.4, -0.2) is 16.9 Å². The zero-order valence-electron chi connectivity index (χ0n) is 10.4. The third-order valence-electron chi connectivity index (χ3n) is 2.58. The summed E-state index contributed by atoms with van der Waals surface area (Å²) >= 11 is 0. The molecule has 0 radical (unpaired) electrons. The SMILES string of the molecule is Cc1cc(C(N)=NC(C)C)nc2ccccc12. The molecular weight excluding hydrogens is 210 g/mol. The van der Waals surface area contributed by atoms with Crippen LogP contribution >= 0.6 is 0 Å². The van der Waals surface area contributed by atoms with Gasteiger partial charge in [-0.25, -0.2) is 4.98 Å². The summed E-state index contributed by atoms with van der Waals surface area (Å²) in [5, 5.41) is 1.16. The summed E-state index contributed by atoms with van der Waals surface area (Å²) in [5.41, 5.74) is 8.84. The maximum absolute atomic E-state index is 5.94. The van der Waals surface area contributed by atoms with E-state index >= 15 is 0 Å². The second kappa shape index (κ2) is 4.53. The number of rotatable bonds is 2. The largest absolute Gasteiger partial charge is 0.382 e. The molecule has 2 aromatic rings. The Morgan fingerprint density at radius 3 is 2.71 bits per heavy atom. The van der Waals surface area contributed by atoms with Crippen molar-refractivity contribution in [1.29, 1.82) is 0 Å². The number of para-hydroxylation sites is 1. The molecule has 0 saturated heterocycles. The molecule has 0 aliphatic heterocycles. The number of aliphatic imine (C=N–C) groups is 1. The summed E-state index contributed by atoms with van der Waals surface area (Å²) in [6.45, 7) is 6.07. The number of nitrogens with zero attached hydrogens (tertiary/aromatic N) is 2. The molecule has 0 atom stereocenters. The smallest absolute Gasteiger partial charge is 0.144 e. The highest BCUT2D eigenvalue weighted by Crippen LogP contribution is 2.17. The standard InChI is InChI=1S/C14H17N3/c1-9(2)16-14(15)13-8-10(3)11-6-4-5-7-12(11)17-13/h4-9H,1-3H3,(H2,15,16). The summed E-state index contributed by atoms with van der Waals surface area (Å²) in [7, 11) is 0. The Morgan fingerprint density at radius 1 is 1.29 bits per heavy atom. The lowest BCUT2D eigenvalue weighted by molar-refractivity contribution is 0.833. The van der Waals surface area contributed by atoms with E-state index in [1.54, 1.807) is 0 Å². The van der Waals surface area contributed by atoms with Gasteiger partial charge in [-0.15, -0.1) is 0 Å². The zero-order valence-corrected chi connectivity index (χ0v) is 10.4. The molecule has 3 heteroatoms. The predicted octanol–water partition coefficient (Wildman–Crippen LogP) is 2.66. The molecule has 88 valence electrons. The minimum absolute atomic E-state index is 0.184. The first-order valence-corrected chi connectivity index (χ1v) is 5.78. The average molecular weight is 227 g/mol. The van der Waals surface area contributed by atoms with Crippen molar-refractivity contribution in [3.8, 4) is 0 Å². The maximum Gasteiger partial charge on any atom is 0.144 e. The van der Waals surface area contributed by atoms with E-state index in [0.717, 1.165) is 16.6 Å². The third kappa shape index (κ3) is 2.44. The summed E-state index contributed by atoms with van der Waals surface area (Å²) in [6.07, 6.45) is 0. The lowest BCUT2D eigenvalue weighted by Crippen LogP contribution is -2.17. The third-order valence-corrected chi connectivity index (χ3v) is 2.58. The Hall–Kier alpha value is -1.90. The molecule has 0 fully saturated rings. The fraction of sp³-hybridized carbons (Fsp3) is 0.286. The minimum Gasteiger partial charge on any atom is -0.382 e. The monoisotopic (exact) mass is 227 g/mol. The van der Waals surface area contributed by atoms with E-state index in [-0.39, 0.29) is 6.04 Å². The topological polar surface area (TPSA) is 51.3 Å². The van der Waals surface area contributed by atoms with E-state index < -0.39 is 0 Å². The van der Waals surface area contributed by atoms with E-state index in [1.807, 2.05) is 38.1 Å². The van der Waals surface area contributed by atoms with Gasteiger partial charge >= 0.3 is 0 Å². The van der Waals surface area contributed by atoms with Gasteiger partial charge in [-0.2, -0.15) is 0 Å². The van der Waals surface area contributed by atoms with Crippen molar-refractivity contribution >= 4 is 16.7 Å². The van der Waals surface area contributed by atoms with Crippen molar-refractivity contribution in [2.75, 3.05) is 0 Å². The number of aromatic nitrogens is 1. The van der Waals surface area contributed by atoms with E-state index in [1.165, 1.54) is 5.56 Å². The van der Waals surface area contributed by atoms with Crippen molar-refractivity contribution < 1.29 is 0 Å². The molecule has 0 amide bonds. The van der Waals surface area contributed by atoms with Crippen LogP contribution in [0.2, 0.25) is 0 Å². The number of hydrogen-bond donors (Lipinski definition) is 1. The number of fused-ring (bicyclic) bond motifs is 1. The van der Waals surface area contributed by atoms with Crippen LogP contribution in [0.15, 0.2) is 35.3 Å². The van der Waals surface area contributed by atoms with Gasteiger partial charge in [0.2, 0.25) is 0 Å².